The molecule has 138 valence electrons. The number of para-hydroxylation sites is 1. The topological polar surface area (TPSA) is 97.4 Å². The van der Waals surface area contributed by atoms with E-state index in [2.05, 4.69) is 15.6 Å². The van der Waals surface area contributed by atoms with Crippen molar-refractivity contribution in [3.8, 4) is 0 Å². The lowest BCUT2D eigenvalue weighted by molar-refractivity contribution is -0.142. The van der Waals surface area contributed by atoms with E-state index in [1.54, 1.807) is 43.5 Å². The van der Waals surface area contributed by atoms with E-state index < -0.39 is 17.2 Å². The molecule has 1 aromatic heterocycles. The third-order valence-corrected chi connectivity index (χ3v) is 5.20. The van der Waals surface area contributed by atoms with Crippen LogP contribution in [0.5, 0.6) is 0 Å². The Bertz CT molecular complexity index is 764. The van der Waals surface area contributed by atoms with Crippen LogP contribution in [0.25, 0.3) is 0 Å². The van der Waals surface area contributed by atoms with Gasteiger partial charge in [-0.1, -0.05) is 30.0 Å². The maximum Gasteiger partial charge on any atom is 0.325 e. The highest BCUT2D eigenvalue weighted by Gasteiger charge is 2.19. The van der Waals surface area contributed by atoms with E-state index in [1.165, 1.54) is 23.1 Å². The number of carbonyl (C=O) groups excluding carboxylic acids is 3. The zero-order chi connectivity index (χ0) is 18.9. The number of nitrogens with zero attached hydrogens (tertiary/aromatic N) is 1. The standard InChI is InChI=1S/C17H19N3O4S2/c1-3-24-14(21)9-13-10-25-17(19-13)26-11(2)15(22)20-16(23)18-12-7-5-4-6-8-12/h4-8,10-11H,3,9H2,1-2H3,(H2,18,20,22,23)/t11-/m1/s1. The number of carbonyl (C=O) groups is 3. The molecule has 0 spiro atoms. The summed E-state index contributed by atoms with van der Waals surface area (Å²) in [5.74, 6) is -0.761. The lowest BCUT2D eigenvalue weighted by atomic mass is 10.3. The fourth-order valence-corrected chi connectivity index (χ4v) is 3.87. The van der Waals surface area contributed by atoms with E-state index in [4.69, 9.17) is 4.74 Å². The van der Waals surface area contributed by atoms with Crippen molar-refractivity contribution >= 4 is 46.7 Å². The largest absolute Gasteiger partial charge is 0.466 e. The predicted octanol–water partition coefficient (Wildman–Crippen LogP) is 3.08. The zero-order valence-electron chi connectivity index (χ0n) is 14.4. The number of thioether (sulfide) groups is 1. The Balaban J connectivity index is 1.82. The van der Waals surface area contributed by atoms with E-state index in [-0.39, 0.29) is 12.4 Å². The Hall–Kier alpha value is -2.39. The first-order chi connectivity index (χ1) is 12.5. The van der Waals surface area contributed by atoms with Gasteiger partial charge in [-0.05, 0) is 26.0 Å². The summed E-state index contributed by atoms with van der Waals surface area (Å²) in [5, 5.41) is 6.12. The van der Waals surface area contributed by atoms with Crippen molar-refractivity contribution in [2.45, 2.75) is 29.9 Å². The molecule has 0 fully saturated rings. The number of anilines is 1. The second-order valence-corrected chi connectivity index (χ2v) is 7.60. The molecule has 26 heavy (non-hydrogen) atoms. The number of aromatic nitrogens is 1. The fourth-order valence-electron chi connectivity index (χ4n) is 1.89. The number of hydrogen-bond donors (Lipinski definition) is 2. The Kier molecular flexibility index (Phi) is 7.61. The predicted molar refractivity (Wildman–Crippen MR) is 101 cm³/mol. The molecule has 1 aromatic carbocycles. The van der Waals surface area contributed by atoms with Crippen molar-refractivity contribution < 1.29 is 19.1 Å². The molecule has 3 amide bonds. The summed E-state index contributed by atoms with van der Waals surface area (Å²) in [6.45, 7) is 3.75. The molecular formula is C17H19N3O4S2. The van der Waals surface area contributed by atoms with E-state index in [0.717, 1.165) is 0 Å². The van der Waals surface area contributed by atoms with Gasteiger partial charge in [-0.25, -0.2) is 9.78 Å². The molecule has 0 saturated carbocycles. The first-order valence-corrected chi connectivity index (χ1v) is 9.67. The number of nitrogens with one attached hydrogen (secondary N) is 2. The summed E-state index contributed by atoms with van der Waals surface area (Å²) in [6, 6.07) is 8.26. The minimum Gasteiger partial charge on any atom is -0.466 e. The molecular weight excluding hydrogens is 374 g/mol. The van der Waals surface area contributed by atoms with Gasteiger partial charge >= 0.3 is 12.0 Å². The summed E-state index contributed by atoms with van der Waals surface area (Å²) >= 11 is 2.56. The van der Waals surface area contributed by atoms with Gasteiger partial charge in [0.25, 0.3) is 0 Å². The van der Waals surface area contributed by atoms with E-state index in [9.17, 15) is 14.4 Å². The Labute approximate surface area is 159 Å². The number of imide groups is 1. The highest BCUT2D eigenvalue weighted by molar-refractivity contribution is 8.02. The van der Waals surface area contributed by atoms with Crippen LogP contribution in [0.3, 0.4) is 0 Å². The van der Waals surface area contributed by atoms with Gasteiger partial charge in [0.15, 0.2) is 4.34 Å². The quantitative estimate of drug-likeness (QED) is 0.554. The average Bonchev–Trinajstić information content (AvgIpc) is 3.02. The van der Waals surface area contributed by atoms with Crippen LogP contribution in [-0.4, -0.2) is 34.7 Å². The van der Waals surface area contributed by atoms with Crippen LogP contribution in [-0.2, 0) is 20.7 Å². The third kappa shape index (κ3) is 6.49. The number of amides is 3. The van der Waals surface area contributed by atoms with Crippen LogP contribution in [0.4, 0.5) is 10.5 Å². The van der Waals surface area contributed by atoms with Gasteiger partial charge in [0.1, 0.15) is 0 Å². The number of benzene rings is 1. The molecule has 1 atom stereocenters. The van der Waals surface area contributed by atoms with Gasteiger partial charge in [-0.15, -0.1) is 11.3 Å². The first kappa shape index (κ1) is 19.9. The van der Waals surface area contributed by atoms with Crippen LogP contribution in [0.1, 0.15) is 19.5 Å². The molecule has 0 radical (unpaired) electrons. The van der Waals surface area contributed by atoms with Crippen molar-refractivity contribution in [3.05, 3.63) is 41.4 Å². The monoisotopic (exact) mass is 393 g/mol. The van der Waals surface area contributed by atoms with Crippen molar-refractivity contribution in [1.29, 1.82) is 0 Å². The number of urea groups is 1. The molecule has 2 rings (SSSR count). The summed E-state index contributed by atoms with van der Waals surface area (Å²) in [6.07, 6.45) is 0.102. The molecule has 1 heterocycles. The van der Waals surface area contributed by atoms with Gasteiger partial charge in [-0.2, -0.15) is 0 Å². The van der Waals surface area contributed by atoms with Crippen molar-refractivity contribution in [2.75, 3.05) is 11.9 Å². The van der Waals surface area contributed by atoms with Crippen LogP contribution in [0, 0.1) is 0 Å². The summed E-state index contributed by atoms with van der Waals surface area (Å²) in [4.78, 5) is 39.7. The Morgan fingerprint density at radius 3 is 2.69 bits per heavy atom. The maximum atomic E-state index is 12.1. The highest BCUT2D eigenvalue weighted by Crippen LogP contribution is 2.27. The van der Waals surface area contributed by atoms with Gasteiger partial charge in [0, 0.05) is 11.1 Å². The van der Waals surface area contributed by atoms with Crippen LogP contribution >= 0.6 is 23.1 Å². The zero-order valence-corrected chi connectivity index (χ0v) is 16.0. The molecule has 0 aliphatic carbocycles. The Morgan fingerprint density at radius 2 is 2.00 bits per heavy atom. The van der Waals surface area contributed by atoms with E-state index in [1.807, 2.05) is 6.07 Å². The van der Waals surface area contributed by atoms with Gasteiger partial charge < -0.3 is 10.1 Å². The molecule has 0 aliphatic rings. The number of thiazole rings is 1. The third-order valence-electron chi connectivity index (χ3n) is 3.08. The number of ether oxygens (including phenoxy) is 1. The minimum atomic E-state index is -0.587. The summed E-state index contributed by atoms with van der Waals surface area (Å²) < 4.78 is 5.53. The minimum absolute atomic E-state index is 0.102. The van der Waals surface area contributed by atoms with E-state index in [0.29, 0.717) is 22.3 Å². The molecule has 7 nitrogen and oxygen atoms in total. The highest BCUT2D eigenvalue weighted by atomic mass is 32.2. The van der Waals surface area contributed by atoms with Crippen molar-refractivity contribution in [1.82, 2.24) is 10.3 Å². The number of rotatable bonds is 7. The Morgan fingerprint density at radius 1 is 1.27 bits per heavy atom. The second kappa shape index (κ2) is 9.93. The lowest BCUT2D eigenvalue weighted by Gasteiger charge is -2.10. The first-order valence-electron chi connectivity index (χ1n) is 7.91. The second-order valence-electron chi connectivity index (χ2n) is 5.16. The molecule has 2 N–H and O–H groups in total. The molecule has 9 heteroatoms. The molecule has 0 aliphatic heterocycles. The maximum absolute atomic E-state index is 12.1. The van der Waals surface area contributed by atoms with E-state index >= 15 is 0 Å². The van der Waals surface area contributed by atoms with Crippen molar-refractivity contribution in [3.63, 3.8) is 0 Å². The average molecular weight is 393 g/mol. The van der Waals surface area contributed by atoms with Gasteiger partial charge in [0.05, 0.1) is 24.0 Å². The SMILES string of the molecule is CCOC(=O)Cc1csc(S[C@H](C)C(=O)NC(=O)Nc2ccccc2)n1. The van der Waals surface area contributed by atoms with Gasteiger partial charge in [-0.3, -0.25) is 14.9 Å². The van der Waals surface area contributed by atoms with Crippen LogP contribution < -0.4 is 10.6 Å². The lowest BCUT2D eigenvalue weighted by Crippen LogP contribution is -2.38. The summed E-state index contributed by atoms with van der Waals surface area (Å²) in [5.41, 5.74) is 1.20. The van der Waals surface area contributed by atoms with Crippen LogP contribution in [0.2, 0.25) is 0 Å². The smallest absolute Gasteiger partial charge is 0.325 e. The van der Waals surface area contributed by atoms with Crippen molar-refractivity contribution in [2.24, 2.45) is 0 Å². The molecule has 0 saturated heterocycles. The molecule has 2 aromatic rings. The number of esters is 1. The van der Waals surface area contributed by atoms with Gasteiger partial charge in [0.2, 0.25) is 5.91 Å². The summed E-state index contributed by atoms with van der Waals surface area (Å²) in [7, 11) is 0. The molecule has 0 unspecified atom stereocenters. The molecule has 0 bridgehead atoms. The number of hydrogen-bond acceptors (Lipinski definition) is 7. The fraction of sp³-hybridized carbons (Fsp3) is 0.294. The normalized spacial score (nSPS) is 11.5. The van der Waals surface area contributed by atoms with Crippen LogP contribution in [0.15, 0.2) is 40.1 Å².